The van der Waals surface area contributed by atoms with Crippen molar-refractivity contribution in [3.63, 3.8) is 0 Å². The number of hydrogen-bond acceptors (Lipinski definition) is 6. The van der Waals surface area contributed by atoms with Crippen LogP contribution in [0, 0.1) is 5.82 Å². The van der Waals surface area contributed by atoms with Gasteiger partial charge in [-0.05, 0) is 41.8 Å². The first-order valence-corrected chi connectivity index (χ1v) is 10.4. The number of pyridine rings is 2. The van der Waals surface area contributed by atoms with Gasteiger partial charge in [-0.2, -0.15) is 0 Å². The van der Waals surface area contributed by atoms with Crippen molar-refractivity contribution in [2.24, 2.45) is 0 Å². The predicted octanol–water partition coefficient (Wildman–Crippen LogP) is 3.48. The van der Waals surface area contributed by atoms with Crippen molar-refractivity contribution < 1.29 is 24.9 Å². The maximum absolute atomic E-state index is 14.4. The van der Waals surface area contributed by atoms with E-state index < -0.39 is 31.0 Å². The molecule has 3 rings (SSSR count). The molecule has 34 heavy (non-hydrogen) atoms. The van der Waals surface area contributed by atoms with Gasteiger partial charge in [-0.25, -0.2) is 4.39 Å². The highest BCUT2D eigenvalue weighted by Gasteiger charge is 2.18. The SMILES string of the molecule is CC(C)c1cnc(-c2cc(Cl)ccc2F)cc1Nc1ccncc1C(=O)NC(CO)CO.Cl.O. The highest BCUT2D eigenvalue weighted by molar-refractivity contribution is 6.30. The number of hydrogen-bond donors (Lipinski definition) is 4. The summed E-state index contributed by atoms with van der Waals surface area (Å²) >= 11 is 6.04. The number of benzene rings is 1. The molecule has 0 spiro atoms. The third kappa shape index (κ3) is 6.85. The number of aliphatic hydroxyl groups excluding tert-OH is 2. The van der Waals surface area contributed by atoms with E-state index in [0.29, 0.717) is 22.1 Å². The van der Waals surface area contributed by atoms with Crippen LogP contribution < -0.4 is 10.6 Å². The van der Waals surface area contributed by atoms with E-state index in [4.69, 9.17) is 11.6 Å². The summed E-state index contributed by atoms with van der Waals surface area (Å²) in [5.74, 6) is -0.862. The van der Waals surface area contributed by atoms with E-state index in [-0.39, 0.29) is 34.9 Å². The molecular weight excluding hydrogens is 486 g/mol. The molecule has 11 heteroatoms. The van der Waals surface area contributed by atoms with E-state index >= 15 is 0 Å². The monoisotopic (exact) mass is 512 g/mol. The lowest BCUT2D eigenvalue weighted by molar-refractivity contribution is 0.0880. The summed E-state index contributed by atoms with van der Waals surface area (Å²) in [6.45, 7) is 3.19. The Morgan fingerprint density at radius 3 is 2.47 bits per heavy atom. The summed E-state index contributed by atoms with van der Waals surface area (Å²) in [4.78, 5) is 21.1. The fourth-order valence-corrected chi connectivity index (χ4v) is 3.29. The van der Waals surface area contributed by atoms with Gasteiger partial charge in [0, 0.05) is 34.9 Å². The zero-order valence-electron chi connectivity index (χ0n) is 18.5. The summed E-state index contributed by atoms with van der Waals surface area (Å²) < 4.78 is 14.4. The highest BCUT2D eigenvalue weighted by atomic mass is 35.5. The molecule has 8 nitrogen and oxygen atoms in total. The Hall–Kier alpha value is -2.82. The number of nitrogens with zero attached hydrogens (tertiary/aromatic N) is 2. The topological polar surface area (TPSA) is 139 Å². The van der Waals surface area contributed by atoms with Crippen LogP contribution in [-0.4, -0.2) is 50.8 Å². The minimum Gasteiger partial charge on any atom is -0.412 e. The van der Waals surface area contributed by atoms with Crippen molar-refractivity contribution in [3.05, 3.63) is 70.9 Å². The summed E-state index contributed by atoms with van der Waals surface area (Å²) in [5, 5.41) is 24.7. The lowest BCUT2D eigenvalue weighted by atomic mass is 10.0. The van der Waals surface area contributed by atoms with Gasteiger partial charge in [0.2, 0.25) is 0 Å². The Kier molecular flexibility index (Phi) is 11.3. The number of carbonyl (C=O) groups excluding carboxylic acids is 1. The molecule has 2 aromatic heterocycles. The number of halogens is 3. The summed E-state index contributed by atoms with van der Waals surface area (Å²) in [7, 11) is 0. The van der Waals surface area contributed by atoms with E-state index in [0.717, 1.165) is 5.56 Å². The normalized spacial score (nSPS) is 10.5. The van der Waals surface area contributed by atoms with E-state index in [9.17, 15) is 19.4 Å². The van der Waals surface area contributed by atoms with Crippen molar-refractivity contribution in [1.82, 2.24) is 15.3 Å². The van der Waals surface area contributed by atoms with Crippen molar-refractivity contribution in [2.75, 3.05) is 18.5 Å². The van der Waals surface area contributed by atoms with Crippen LogP contribution in [0.2, 0.25) is 5.02 Å². The Labute approximate surface area is 207 Å². The summed E-state index contributed by atoms with van der Waals surface area (Å²) in [6.07, 6.45) is 4.58. The number of nitrogens with one attached hydrogen (secondary N) is 2. The molecule has 0 fully saturated rings. The third-order valence-corrected chi connectivity index (χ3v) is 5.11. The zero-order valence-corrected chi connectivity index (χ0v) is 20.1. The largest absolute Gasteiger partial charge is 0.412 e. The molecule has 1 aromatic carbocycles. The molecular formula is C23H27Cl2FN4O4. The molecule has 0 aliphatic heterocycles. The molecule has 0 aliphatic carbocycles. The van der Waals surface area contributed by atoms with Crippen LogP contribution in [0.1, 0.15) is 35.7 Å². The molecule has 0 radical (unpaired) electrons. The Morgan fingerprint density at radius 1 is 1.12 bits per heavy atom. The number of amides is 1. The minimum atomic E-state index is -0.792. The van der Waals surface area contributed by atoms with Gasteiger partial charge in [-0.15, -0.1) is 12.4 Å². The number of aromatic nitrogens is 2. The second-order valence-corrected chi connectivity index (χ2v) is 7.95. The fourth-order valence-electron chi connectivity index (χ4n) is 3.12. The lowest BCUT2D eigenvalue weighted by Crippen LogP contribution is -2.40. The van der Waals surface area contributed by atoms with Crippen molar-refractivity contribution >= 4 is 41.3 Å². The average molecular weight is 513 g/mol. The summed E-state index contributed by atoms with van der Waals surface area (Å²) in [5.41, 5.74) is 2.84. The summed E-state index contributed by atoms with van der Waals surface area (Å²) in [6, 6.07) is 6.80. The van der Waals surface area contributed by atoms with Gasteiger partial charge in [-0.1, -0.05) is 25.4 Å². The van der Waals surface area contributed by atoms with Gasteiger partial charge in [0.25, 0.3) is 5.91 Å². The van der Waals surface area contributed by atoms with Gasteiger partial charge >= 0.3 is 0 Å². The van der Waals surface area contributed by atoms with Crippen LogP contribution in [-0.2, 0) is 0 Å². The first-order chi connectivity index (χ1) is 15.3. The minimum absolute atomic E-state index is 0. The van der Waals surface area contributed by atoms with Gasteiger partial charge in [-0.3, -0.25) is 14.8 Å². The Balaban J connectivity index is 0.00000289. The van der Waals surface area contributed by atoms with E-state index in [2.05, 4.69) is 20.6 Å². The molecule has 0 atom stereocenters. The molecule has 2 heterocycles. The molecule has 0 bridgehead atoms. The van der Waals surface area contributed by atoms with Crippen molar-refractivity contribution in [2.45, 2.75) is 25.8 Å². The van der Waals surface area contributed by atoms with Gasteiger partial charge < -0.3 is 26.3 Å². The smallest absolute Gasteiger partial charge is 0.255 e. The molecule has 0 aliphatic rings. The maximum atomic E-state index is 14.4. The van der Waals surface area contributed by atoms with Crippen LogP contribution in [0.25, 0.3) is 11.3 Å². The molecule has 0 unspecified atom stereocenters. The molecule has 0 saturated carbocycles. The molecule has 6 N–H and O–H groups in total. The van der Waals surface area contributed by atoms with Crippen LogP contribution in [0.5, 0.6) is 0 Å². The number of rotatable bonds is 8. The Morgan fingerprint density at radius 2 is 1.82 bits per heavy atom. The standard InChI is InChI=1S/C23H24ClFN4O3.ClH.H2O/c1-13(2)17-10-27-21(16-7-14(24)3-4-19(16)25)8-22(17)29-20-5-6-26-9-18(20)23(32)28-15(11-30)12-31;;/h3-10,13,15,30-31H,11-12H2,1-2H3,(H,28,32)(H,26,27,29);1H;1H2. The van der Waals surface area contributed by atoms with Crippen molar-refractivity contribution in [1.29, 1.82) is 0 Å². The van der Waals surface area contributed by atoms with Crippen LogP contribution in [0.4, 0.5) is 15.8 Å². The maximum Gasteiger partial charge on any atom is 0.255 e. The van der Waals surface area contributed by atoms with Crippen LogP contribution in [0.3, 0.4) is 0 Å². The second kappa shape index (κ2) is 13.2. The van der Waals surface area contributed by atoms with Gasteiger partial charge in [0.15, 0.2) is 0 Å². The van der Waals surface area contributed by atoms with Crippen LogP contribution >= 0.6 is 24.0 Å². The number of carbonyl (C=O) groups is 1. The lowest BCUT2D eigenvalue weighted by Gasteiger charge is -2.19. The molecule has 3 aromatic rings. The first kappa shape index (κ1) is 29.2. The van der Waals surface area contributed by atoms with E-state index in [1.54, 1.807) is 18.3 Å². The van der Waals surface area contributed by atoms with Crippen LogP contribution in [0.15, 0.2) is 48.9 Å². The van der Waals surface area contributed by atoms with E-state index in [1.165, 1.54) is 30.6 Å². The second-order valence-electron chi connectivity index (χ2n) is 7.52. The Bertz CT molecular complexity index is 1110. The quantitative estimate of drug-likeness (QED) is 0.364. The average Bonchev–Trinajstić information content (AvgIpc) is 2.79. The highest BCUT2D eigenvalue weighted by Crippen LogP contribution is 2.33. The fraction of sp³-hybridized carbons (Fsp3) is 0.261. The number of anilines is 2. The number of aliphatic hydroxyl groups is 2. The zero-order chi connectivity index (χ0) is 23.3. The first-order valence-electron chi connectivity index (χ1n) is 10.0. The molecule has 0 saturated heterocycles. The van der Waals surface area contributed by atoms with Crippen molar-refractivity contribution in [3.8, 4) is 11.3 Å². The predicted molar refractivity (Wildman–Crippen MR) is 133 cm³/mol. The molecule has 184 valence electrons. The van der Waals surface area contributed by atoms with Gasteiger partial charge in [0.1, 0.15) is 5.82 Å². The molecule has 1 amide bonds. The van der Waals surface area contributed by atoms with E-state index in [1.807, 2.05) is 13.8 Å². The third-order valence-electron chi connectivity index (χ3n) is 4.87. The van der Waals surface area contributed by atoms with Gasteiger partial charge in [0.05, 0.1) is 36.2 Å².